The number of rotatable bonds is 4. The highest BCUT2D eigenvalue weighted by Crippen LogP contribution is 2.23. The third-order valence-corrected chi connectivity index (χ3v) is 2.79. The van der Waals surface area contributed by atoms with Crippen LogP contribution in [-0.2, 0) is 9.59 Å². The van der Waals surface area contributed by atoms with E-state index in [1.54, 1.807) is 42.5 Å². The smallest absolute Gasteiger partial charge is 0.308 e. The molecule has 1 N–H and O–H groups in total. The van der Waals surface area contributed by atoms with Gasteiger partial charge in [0.2, 0.25) is 0 Å². The monoisotopic (exact) mass is 312 g/mol. The number of carbonyl (C=O) groups excluding carboxylic acids is 2. The summed E-state index contributed by atoms with van der Waals surface area (Å²) in [7, 11) is 0. The number of aromatic hydroxyl groups is 1. The van der Waals surface area contributed by atoms with Gasteiger partial charge in [0.25, 0.3) is 0 Å². The van der Waals surface area contributed by atoms with Crippen LogP contribution in [-0.4, -0.2) is 17.0 Å². The Morgan fingerprint density at radius 3 is 2.00 bits per heavy atom. The second-order valence-electron chi connectivity index (χ2n) is 4.85. The molecular formula is C18H16O5. The molecule has 0 aliphatic heterocycles. The number of hydrogen-bond donors (Lipinski definition) is 1. The van der Waals surface area contributed by atoms with Gasteiger partial charge in [-0.15, -0.1) is 0 Å². The molecule has 23 heavy (non-hydrogen) atoms. The molecule has 0 unspecified atom stereocenters. The van der Waals surface area contributed by atoms with Crippen LogP contribution in [0.2, 0.25) is 0 Å². The van der Waals surface area contributed by atoms with Crippen molar-refractivity contribution in [1.82, 2.24) is 0 Å². The molecule has 0 saturated heterocycles. The van der Waals surface area contributed by atoms with Gasteiger partial charge in [-0.2, -0.15) is 0 Å². The number of phenolic OH excluding ortho intramolecular Hbond substituents is 1. The molecule has 0 amide bonds. The van der Waals surface area contributed by atoms with Gasteiger partial charge < -0.3 is 14.6 Å². The van der Waals surface area contributed by atoms with Crippen LogP contribution < -0.4 is 9.47 Å². The normalized spacial score (nSPS) is 10.5. The van der Waals surface area contributed by atoms with Gasteiger partial charge in [-0.05, 0) is 35.4 Å². The SMILES string of the molecule is CC(=O)Oc1ccc(/C=C/c2cc(O)cc(OC(C)=O)c2)cc1. The number of benzene rings is 2. The van der Waals surface area contributed by atoms with Crippen LogP contribution in [0.1, 0.15) is 25.0 Å². The summed E-state index contributed by atoms with van der Waals surface area (Å²) >= 11 is 0. The van der Waals surface area contributed by atoms with Crippen molar-refractivity contribution in [3.8, 4) is 17.2 Å². The first-order valence-corrected chi connectivity index (χ1v) is 6.91. The molecule has 0 saturated carbocycles. The largest absolute Gasteiger partial charge is 0.508 e. The summed E-state index contributed by atoms with van der Waals surface area (Å²) in [5.41, 5.74) is 1.57. The van der Waals surface area contributed by atoms with E-state index in [2.05, 4.69) is 0 Å². The Morgan fingerprint density at radius 2 is 1.39 bits per heavy atom. The first kappa shape index (κ1) is 16.3. The summed E-state index contributed by atoms with van der Waals surface area (Å²) in [5, 5.41) is 9.65. The minimum absolute atomic E-state index is 0.00797. The first-order chi connectivity index (χ1) is 10.9. The summed E-state index contributed by atoms with van der Waals surface area (Å²) < 4.78 is 9.92. The van der Waals surface area contributed by atoms with Gasteiger partial charge >= 0.3 is 11.9 Å². The Morgan fingerprint density at radius 1 is 0.826 bits per heavy atom. The van der Waals surface area contributed by atoms with Gasteiger partial charge in [-0.3, -0.25) is 9.59 Å². The lowest BCUT2D eigenvalue weighted by Gasteiger charge is -2.04. The maximum Gasteiger partial charge on any atom is 0.308 e. The zero-order chi connectivity index (χ0) is 16.8. The lowest BCUT2D eigenvalue weighted by Crippen LogP contribution is -2.01. The molecule has 0 spiro atoms. The minimum Gasteiger partial charge on any atom is -0.508 e. The van der Waals surface area contributed by atoms with E-state index in [1.807, 2.05) is 6.08 Å². The molecule has 0 aliphatic rings. The highest BCUT2D eigenvalue weighted by Gasteiger charge is 2.02. The molecule has 2 aromatic carbocycles. The van der Waals surface area contributed by atoms with E-state index in [-0.39, 0.29) is 17.5 Å². The summed E-state index contributed by atoms with van der Waals surface area (Å²) in [4.78, 5) is 21.8. The second-order valence-corrected chi connectivity index (χ2v) is 4.85. The Hall–Kier alpha value is -3.08. The van der Waals surface area contributed by atoms with Crippen LogP contribution in [0.3, 0.4) is 0 Å². The van der Waals surface area contributed by atoms with Crippen molar-refractivity contribution in [3.63, 3.8) is 0 Å². The van der Waals surface area contributed by atoms with E-state index in [0.29, 0.717) is 11.3 Å². The van der Waals surface area contributed by atoms with E-state index < -0.39 is 5.97 Å². The summed E-state index contributed by atoms with van der Waals surface area (Å²) in [6.07, 6.45) is 3.59. The van der Waals surface area contributed by atoms with E-state index in [4.69, 9.17) is 9.47 Å². The van der Waals surface area contributed by atoms with E-state index in [0.717, 1.165) is 5.56 Å². The summed E-state index contributed by atoms with van der Waals surface area (Å²) in [5.74, 6) is -0.0576. The first-order valence-electron chi connectivity index (χ1n) is 6.91. The summed E-state index contributed by atoms with van der Waals surface area (Å²) in [6, 6.07) is 11.5. The van der Waals surface area contributed by atoms with Crippen molar-refractivity contribution in [2.75, 3.05) is 0 Å². The molecule has 0 bridgehead atoms. The Kier molecular flexibility index (Phi) is 5.15. The zero-order valence-corrected chi connectivity index (χ0v) is 12.8. The van der Waals surface area contributed by atoms with Crippen molar-refractivity contribution in [3.05, 3.63) is 53.6 Å². The standard InChI is InChI=1S/C18H16O5/c1-12(19)22-17-7-5-14(6-8-17)3-4-15-9-16(21)11-18(10-15)23-13(2)20/h3-11,21H,1-2H3/b4-3+. The van der Waals surface area contributed by atoms with Crippen molar-refractivity contribution in [2.24, 2.45) is 0 Å². The molecule has 5 nitrogen and oxygen atoms in total. The number of esters is 2. The molecule has 0 aromatic heterocycles. The number of carbonyl (C=O) groups is 2. The molecule has 2 rings (SSSR count). The van der Waals surface area contributed by atoms with Gasteiger partial charge in [-0.1, -0.05) is 24.3 Å². The molecule has 0 radical (unpaired) electrons. The summed E-state index contributed by atoms with van der Waals surface area (Å²) in [6.45, 7) is 2.64. The number of hydrogen-bond acceptors (Lipinski definition) is 5. The Balaban J connectivity index is 2.14. The van der Waals surface area contributed by atoms with Crippen LogP contribution in [0, 0.1) is 0 Å². The molecule has 0 heterocycles. The van der Waals surface area contributed by atoms with Crippen molar-refractivity contribution >= 4 is 24.1 Å². The minimum atomic E-state index is -0.452. The van der Waals surface area contributed by atoms with Crippen LogP contribution >= 0.6 is 0 Å². The topological polar surface area (TPSA) is 72.8 Å². The molecule has 0 fully saturated rings. The van der Waals surface area contributed by atoms with Gasteiger partial charge in [0, 0.05) is 19.9 Å². The lowest BCUT2D eigenvalue weighted by molar-refractivity contribution is -0.132. The zero-order valence-electron chi connectivity index (χ0n) is 12.8. The van der Waals surface area contributed by atoms with Crippen molar-refractivity contribution in [1.29, 1.82) is 0 Å². The fraction of sp³-hybridized carbons (Fsp3) is 0.111. The van der Waals surface area contributed by atoms with Crippen LogP contribution in [0.15, 0.2) is 42.5 Å². The average molecular weight is 312 g/mol. The molecule has 0 atom stereocenters. The van der Waals surface area contributed by atoms with Crippen LogP contribution in [0.5, 0.6) is 17.2 Å². The Labute approximate surface area is 133 Å². The molecule has 0 aliphatic carbocycles. The third-order valence-electron chi connectivity index (χ3n) is 2.79. The molecular weight excluding hydrogens is 296 g/mol. The molecule has 2 aromatic rings. The Bertz CT molecular complexity index is 745. The van der Waals surface area contributed by atoms with E-state index >= 15 is 0 Å². The van der Waals surface area contributed by atoms with Crippen molar-refractivity contribution < 1.29 is 24.2 Å². The molecule has 5 heteroatoms. The fourth-order valence-electron chi connectivity index (χ4n) is 1.93. The van der Waals surface area contributed by atoms with Gasteiger partial charge in [0.05, 0.1) is 0 Å². The third kappa shape index (κ3) is 5.32. The van der Waals surface area contributed by atoms with Gasteiger partial charge in [0.1, 0.15) is 17.2 Å². The van der Waals surface area contributed by atoms with Gasteiger partial charge in [-0.25, -0.2) is 0 Å². The maximum atomic E-state index is 11.0. The highest BCUT2D eigenvalue weighted by atomic mass is 16.5. The fourth-order valence-corrected chi connectivity index (χ4v) is 1.93. The maximum absolute atomic E-state index is 11.0. The predicted octanol–water partition coefficient (Wildman–Crippen LogP) is 3.41. The van der Waals surface area contributed by atoms with Crippen molar-refractivity contribution in [2.45, 2.75) is 13.8 Å². The van der Waals surface area contributed by atoms with E-state index in [1.165, 1.54) is 19.9 Å². The predicted molar refractivity (Wildman–Crippen MR) is 86.1 cm³/mol. The van der Waals surface area contributed by atoms with Crippen LogP contribution in [0.4, 0.5) is 0 Å². The lowest BCUT2D eigenvalue weighted by atomic mass is 10.1. The second kappa shape index (κ2) is 7.26. The molecule has 118 valence electrons. The van der Waals surface area contributed by atoms with Crippen LogP contribution in [0.25, 0.3) is 12.2 Å². The number of phenols is 1. The van der Waals surface area contributed by atoms with Gasteiger partial charge in [0.15, 0.2) is 0 Å². The highest BCUT2D eigenvalue weighted by molar-refractivity contribution is 5.74. The average Bonchev–Trinajstić information content (AvgIpc) is 2.44. The number of ether oxygens (including phenoxy) is 2. The van der Waals surface area contributed by atoms with E-state index in [9.17, 15) is 14.7 Å². The quantitative estimate of drug-likeness (QED) is 0.532.